The predicted octanol–water partition coefficient (Wildman–Crippen LogP) is 5.09. The van der Waals surface area contributed by atoms with Gasteiger partial charge in [-0.05, 0) is 60.9 Å². The van der Waals surface area contributed by atoms with Crippen molar-refractivity contribution in [2.45, 2.75) is 32.1 Å². The molecule has 0 atom stereocenters. The third kappa shape index (κ3) is 5.47. The smallest absolute Gasteiger partial charge is 0.314 e. The van der Waals surface area contributed by atoms with Crippen LogP contribution >= 0.6 is 0 Å². The molecule has 0 N–H and O–H groups in total. The minimum atomic E-state index is -0.194. The van der Waals surface area contributed by atoms with Crippen molar-refractivity contribution < 1.29 is 23.8 Å². The standard InChI is InChI=1S/C24H26O5/c1-27-20-12-10-18(11-13-20)21(25)14-8-17-9-15-22(23(16-17)28-2)29-24(26)19-6-4-3-5-7-19/h8-16,19H,3-7H2,1-2H3/b14-8+. The number of carbonyl (C=O) groups excluding carboxylic acids is 2. The molecule has 0 spiro atoms. The minimum absolute atomic E-state index is 0.0323. The van der Waals surface area contributed by atoms with Crippen molar-refractivity contribution in [2.75, 3.05) is 14.2 Å². The molecule has 0 aromatic heterocycles. The van der Waals surface area contributed by atoms with Crippen molar-refractivity contribution in [1.82, 2.24) is 0 Å². The maximum atomic E-state index is 12.4. The summed E-state index contributed by atoms with van der Waals surface area (Å²) in [6.07, 6.45) is 8.31. The van der Waals surface area contributed by atoms with Gasteiger partial charge in [-0.2, -0.15) is 0 Å². The van der Waals surface area contributed by atoms with Gasteiger partial charge >= 0.3 is 5.97 Å². The lowest BCUT2D eigenvalue weighted by atomic mass is 9.89. The molecule has 1 saturated carbocycles. The third-order valence-corrected chi connectivity index (χ3v) is 5.14. The van der Waals surface area contributed by atoms with Crippen molar-refractivity contribution in [3.05, 3.63) is 59.7 Å². The number of carbonyl (C=O) groups is 2. The summed E-state index contributed by atoms with van der Waals surface area (Å²) in [4.78, 5) is 24.7. The molecule has 0 bridgehead atoms. The van der Waals surface area contributed by atoms with Crippen LogP contribution in [-0.2, 0) is 4.79 Å². The molecule has 5 nitrogen and oxygen atoms in total. The normalized spacial score (nSPS) is 14.6. The highest BCUT2D eigenvalue weighted by molar-refractivity contribution is 6.06. The summed E-state index contributed by atoms with van der Waals surface area (Å²) in [6, 6.07) is 12.2. The number of esters is 1. The molecule has 29 heavy (non-hydrogen) atoms. The Hall–Kier alpha value is -3.08. The number of hydrogen-bond donors (Lipinski definition) is 0. The Morgan fingerprint density at radius 2 is 1.62 bits per heavy atom. The molecule has 0 unspecified atom stereocenters. The van der Waals surface area contributed by atoms with Crippen LogP contribution in [0.15, 0.2) is 48.5 Å². The van der Waals surface area contributed by atoms with Crippen LogP contribution in [0.4, 0.5) is 0 Å². The molecule has 1 aliphatic carbocycles. The van der Waals surface area contributed by atoms with E-state index in [-0.39, 0.29) is 17.7 Å². The Morgan fingerprint density at radius 1 is 0.897 bits per heavy atom. The highest BCUT2D eigenvalue weighted by Crippen LogP contribution is 2.31. The minimum Gasteiger partial charge on any atom is -0.497 e. The van der Waals surface area contributed by atoms with Gasteiger partial charge in [0.25, 0.3) is 0 Å². The second-order valence-electron chi connectivity index (χ2n) is 7.09. The van der Waals surface area contributed by atoms with Crippen LogP contribution in [0.5, 0.6) is 17.2 Å². The fourth-order valence-corrected chi connectivity index (χ4v) is 3.43. The quantitative estimate of drug-likeness (QED) is 0.283. The van der Waals surface area contributed by atoms with E-state index >= 15 is 0 Å². The second kappa shape index (κ2) is 9.92. The average molecular weight is 394 g/mol. The lowest BCUT2D eigenvalue weighted by Gasteiger charge is -2.20. The average Bonchev–Trinajstić information content (AvgIpc) is 2.78. The molecule has 0 aliphatic heterocycles. The van der Waals surface area contributed by atoms with Crippen molar-refractivity contribution in [3.63, 3.8) is 0 Å². The van der Waals surface area contributed by atoms with Gasteiger partial charge < -0.3 is 14.2 Å². The highest BCUT2D eigenvalue weighted by Gasteiger charge is 2.24. The molecule has 1 aliphatic rings. The predicted molar refractivity (Wildman–Crippen MR) is 112 cm³/mol. The van der Waals surface area contributed by atoms with Gasteiger partial charge in [0.15, 0.2) is 17.3 Å². The van der Waals surface area contributed by atoms with Crippen molar-refractivity contribution in [3.8, 4) is 17.2 Å². The fraction of sp³-hybridized carbons (Fsp3) is 0.333. The molecule has 0 heterocycles. The lowest BCUT2D eigenvalue weighted by molar-refractivity contribution is -0.140. The Kier molecular flexibility index (Phi) is 7.06. The van der Waals surface area contributed by atoms with Crippen LogP contribution in [0, 0.1) is 5.92 Å². The van der Waals surface area contributed by atoms with Gasteiger partial charge in [-0.15, -0.1) is 0 Å². The second-order valence-corrected chi connectivity index (χ2v) is 7.09. The first-order chi connectivity index (χ1) is 14.1. The molecular formula is C24H26O5. The summed E-state index contributed by atoms with van der Waals surface area (Å²) >= 11 is 0. The molecule has 1 fully saturated rings. The van der Waals surface area contributed by atoms with Crippen molar-refractivity contribution in [2.24, 2.45) is 5.92 Å². The van der Waals surface area contributed by atoms with Gasteiger partial charge in [0.05, 0.1) is 20.1 Å². The summed E-state index contributed by atoms with van der Waals surface area (Å²) in [6.45, 7) is 0. The first-order valence-electron chi connectivity index (χ1n) is 9.87. The van der Waals surface area contributed by atoms with E-state index in [9.17, 15) is 9.59 Å². The van der Waals surface area contributed by atoms with E-state index in [1.165, 1.54) is 19.6 Å². The number of ether oxygens (including phenoxy) is 3. The molecule has 0 amide bonds. The number of allylic oxidation sites excluding steroid dienone is 1. The number of hydrogen-bond acceptors (Lipinski definition) is 5. The van der Waals surface area contributed by atoms with Crippen LogP contribution in [0.2, 0.25) is 0 Å². The van der Waals surface area contributed by atoms with E-state index in [4.69, 9.17) is 14.2 Å². The molecule has 0 saturated heterocycles. The van der Waals surface area contributed by atoms with E-state index in [2.05, 4.69) is 0 Å². The molecule has 5 heteroatoms. The van der Waals surface area contributed by atoms with Gasteiger partial charge in [0.2, 0.25) is 0 Å². The van der Waals surface area contributed by atoms with Crippen LogP contribution in [0.3, 0.4) is 0 Å². The summed E-state index contributed by atoms with van der Waals surface area (Å²) < 4.78 is 16.1. The number of methoxy groups -OCH3 is 2. The van der Waals surface area contributed by atoms with E-state index in [1.807, 2.05) is 0 Å². The Labute approximate surface area is 171 Å². The van der Waals surface area contributed by atoms with Crippen LogP contribution in [0.25, 0.3) is 6.08 Å². The maximum Gasteiger partial charge on any atom is 0.314 e. The van der Waals surface area contributed by atoms with E-state index < -0.39 is 0 Å². The van der Waals surface area contributed by atoms with Gasteiger partial charge in [-0.3, -0.25) is 9.59 Å². The highest BCUT2D eigenvalue weighted by atomic mass is 16.6. The molecule has 152 valence electrons. The topological polar surface area (TPSA) is 61.8 Å². The molecule has 2 aromatic carbocycles. The monoisotopic (exact) mass is 394 g/mol. The number of benzene rings is 2. The van der Waals surface area contributed by atoms with Gasteiger partial charge in [-0.25, -0.2) is 0 Å². The molecular weight excluding hydrogens is 368 g/mol. The molecule has 2 aromatic rings. The Bertz CT molecular complexity index is 877. The van der Waals surface area contributed by atoms with Gasteiger partial charge in [-0.1, -0.05) is 31.4 Å². The van der Waals surface area contributed by atoms with Crippen LogP contribution in [0.1, 0.15) is 48.0 Å². The number of rotatable bonds is 7. The molecule has 0 radical (unpaired) electrons. The van der Waals surface area contributed by atoms with E-state index in [0.717, 1.165) is 31.2 Å². The Balaban J connectivity index is 1.67. The largest absolute Gasteiger partial charge is 0.497 e. The lowest BCUT2D eigenvalue weighted by Crippen LogP contribution is -2.22. The van der Waals surface area contributed by atoms with Crippen molar-refractivity contribution in [1.29, 1.82) is 0 Å². The van der Waals surface area contributed by atoms with Crippen molar-refractivity contribution >= 4 is 17.8 Å². The SMILES string of the molecule is COc1ccc(C(=O)/C=C/c2ccc(OC(=O)C3CCCCC3)c(OC)c2)cc1. The first kappa shape index (κ1) is 20.6. The zero-order valence-electron chi connectivity index (χ0n) is 16.9. The zero-order chi connectivity index (χ0) is 20.6. The first-order valence-corrected chi connectivity index (χ1v) is 9.87. The van der Waals surface area contributed by atoms with Crippen LogP contribution < -0.4 is 14.2 Å². The summed E-state index contributed by atoms with van der Waals surface area (Å²) in [7, 11) is 3.11. The summed E-state index contributed by atoms with van der Waals surface area (Å²) in [5, 5.41) is 0. The Morgan fingerprint density at radius 3 is 2.28 bits per heavy atom. The van der Waals surface area contributed by atoms with Gasteiger partial charge in [0.1, 0.15) is 5.75 Å². The van der Waals surface area contributed by atoms with E-state index in [1.54, 1.807) is 55.7 Å². The zero-order valence-corrected chi connectivity index (χ0v) is 16.9. The summed E-state index contributed by atoms with van der Waals surface area (Å²) in [5.74, 6) is 1.24. The van der Waals surface area contributed by atoms with Crippen LogP contribution in [-0.4, -0.2) is 26.0 Å². The third-order valence-electron chi connectivity index (χ3n) is 5.14. The van der Waals surface area contributed by atoms with Gasteiger partial charge in [0, 0.05) is 5.56 Å². The summed E-state index contributed by atoms with van der Waals surface area (Å²) in [5.41, 5.74) is 1.35. The molecule has 3 rings (SSSR count). The fourth-order valence-electron chi connectivity index (χ4n) is 3.43. The number of ketones is 1. The maximum absolute atomic E-state index is 12.4. The van der Waals surface area contributed by atoms with E-state index in [0.29, 0.717) is 22.8 Å².